The van der Waals surface area contributed by atoms with E-state index in [9.17, 15) is 30.8 Å². The Morgan fingerprint density at radius 3 is 2.32 bits per heavy atom. The third-order valence-corrected chi connectivity index (χ3v) is 8.78. The molecule has 1 aliphatic carbocycles. The summed E-state index contributed by atoms with van der Waals surface area (Å²) in [5.74, 6) is -6.68. The van der Waals surface area contributed by atoms with Gasteiger partial charge in [-0.15, -0.1) is 0 Å². The Morgan fingerprint density at radius 2 is 1.76 bits per heavy atom. The topological polar surface area (TPSA) is 75.7 Å². The monoisotopic (exact) mass is 554 g/mol. The van der Waals surface area contributed by atoms with E-state index in [4.69, 9.17) is 4.74 Å². The van der Waals surface area contributed by atoms with Crippen molar-refractivity contribution < 1.29 is 39.9 Å². The van der Waals surface area contributed by atoms with Crippen LogP contribution in [0.25, 0.3) is 11.1 Å². The number of carbonyl (C=O) groups excluding carboxylic acids is 1. The Morgan fingerprint density at radius 1 is 1.13 bits per heavy atom. The number of nitrogens with one attached hydrogen (secondary N) is 1. The van der Waals surface area contributed by atoms with Crippen molar-refractivity contribution >= 4 is 31.6 Å². The van der Waals surface area contributed by atoms with Gasteiger partial charge in [-0.05, 0) is 48.9 Å². The number of sulfonamides is 1. The molecule has 202 valence electrons. The van der Waals surface area contributed by atoms with E-state index in [0.717, 1.165) is 12.1 Å². The maximum Gasteiger partial charge on any atom is 0.350 e. The van der Waals surface area contributed by atoms with Crippen LogP contribution >= 0.6 is 0 Å². The van der Waals surface area contributed by atoms with Crippen LogP contribution in [0.2, 0.25) is 0 Å². The summed E-state index contributed by atoms with van der Waals surface area (Å²) < 4.78 is 102. The fourth-order valence-corrected chi connectivity index (χ4v) is 6.58. The molecule has 1 saturated carbocycles. The van der Waals surface area contributed by atoms with Gasteiger partial charge in [0.2, 0.25) is 0 Å². The van der Waals surface area contributed by atoms with E-state index in [0.29, 0.717) is 25.3 Å². The van der Waals surface area contributed by atoms with Crippen LogP contribution in [0.15, 0.2) is 36.4 Å². The number of alkyl halides is 2. The quantitative estimate of drug-likeness (QED) is 0.417. The van der Waals surface area contributed by atoms with Crippen molar-refractivity contribution in [2.24, 2.45) is 5.41 Å². The number of rotatable bonds is 7. The number of ether oxygens (including phenoxy) is 1. The summed E-state index contributed by atoms with van der Waals surface area (Å²) in [6, 6.07) is 4.78. The predicted molar refractivity (Wildman–Crippen MR) is 134 cm³/mol. The van der Waals surface area contributed by atoms with Crippen molar-refractivity contribution in [1.82, 2.24) is 9.62 Å². The summed E-state index contributed by atoms with van der Waals surface area (Å²) in [7, 11) is -1.39. The Hall–Kier alpha value is -2.44. The van der Waals surface area contributed by atoms with E-state index in [-0.39, 0.29) is 29.7 Å². The summed E-state index contributed by atoms with van der Waals surface area (Å²) in [6.07, 6.45) is 0.444. The van der Waals surface area contributed by atoms with E-state index in [1.165, 1.54) is 23.1 Å². The molecule has 2 heterocycles. The first kappa shape index (κ1) is 27.1. The molecule has 3 atom stereocenters. The highest BCUT2D eigenvalue weighted by Gasteiger charge is 2.63. The Bertz CT molecular complexity index is 1360. The molecular weight excluding hydrogens is 529 g/mol. The second-order valence-corrected chi connectivity index (χ2v) is 12.7. The van der Waals surface area contributed by atoms with Crippen LogP contribution in [-0.4, -0.2) is 70.8 Å². The SMILES string of the molecule is BC1(B)C[C@H](C(=O)N2CC3(CC3)[C@H](NS(=O)(=O)C(F)F)[C@@H]2Cc2cccc(-c3cc(F)cc(F)c3)c2F)O1. The number of benzene rings is 2. The summed E-state index contributed by atoms with van der Waals surface area (Å²) in [6.45, 7) is 0.115. The molecular formula is C24H25B2F5N2O4S. The standard InChI is InChI=1S/C24H25B2F5N2O4S/c25-24(26)10-18(37-24)21(34)33-11-23(4-5-23)20(32-38(35,36)22(30)31)17(33)8-12-2-1-3-16(19(12)29)13-6-14(27)9-15(28)7-13/h1-3,6-7,9,17-18,20,22,32H,4-5,8,10-11,25-26H2/t17-,18+,20+/m0/s1. The molecule has 6 nitrogen and oxygen atoms in total. The van der Waals surface area contributed by atoms with Crippen molar-refractivity contribution in [3.8, 4) is 11.1 Å². The molecule has 2 aliphatic heterocycles. The number of carbonyl (C=O) groups is 1. The summed E-state index contributed by atoms with van der Waals surface area (Å²) in [4.78, 5) is 14.8. The number of likely N-dealkylation sites (tertiary alicyclic amines) is 1. The second-order valence-electron chi connectivity index (χ2n) is 11.0. The predicted octanol–water partition coefficient (Wildman–Crippen LogP) is 1.52. The summed E-state index contributed by atoms with van der Waals surface area (Å²) in [5, 5.41) is -0.510. The van der Waals surface area contributed by atoms with E-state index < -0.39 is 68.1 Å². The lowest BCUT2D eigenvalue weighted by molar-refractivity contribution is -0.168. The van der Waals surface area contributed by atoms with Gasteiger partial charge >= 0.3 is 5.76 Å². The first-order valence-corrected chi connectivity index (χ1v) is 13.8. The molecule has 0 aromatic heterocycles. The molecule has 0 radical (unpaired) electrons. The highest BCUT2D eigenvalue weighted by Crippen LogP contribution is 2.56. The fourth-order valence-electron chi connectivity index (χ4n) is 5.71. The van der Waals surface area contributed by atoms with Gasteiger partial charge in [-0.3, -0.25) is 4.79 Å². The third kappa shape index (κ3) is 4.98. The molecule has 2 aromatic carbocycles. The van der Waals surface area contributed by atoms with Crippen molar-refractivity contribution in [2.75, 3.05) is 6.54 Å². The number of hydrogen-bond acceptors (Lipinski definition) is 4. The number of nitrogens with zero attached hydrogens (tertiary/aromatic N) is 1. The van der Waals surface area contributed by atoms with Gasteiger partial charge in [0.25, 0.3) is 15.9 Å². The lowest BCUT2D eigenvalue weighted by Gasteiger charge is -2.45. The highest BCUT2D eigenvalue weighted by molar-refractivity contribution is 7.89. The smallest absolute Gasteiger partial charge is 0.350 e. The van der Waals surface area contributed by atoms with Crippen LogP contribution in [0.5, 0.6) is 0 Å². The van der Waals surface area contributed by atoms with E-state index in [1.807, 2.05) is 15.7 Å². The molecule has 3 aliphatic rings. The molecule has 0 unspecified atom stereocenters. The fraction of sp³-hybridized carbons (Fsp3) is 0.458. The highest BCUT2D eigenvalue weighted by atomic mass is 32.2. The van der Waals surface area contributed by atoms with Crippen LogP contribution in [-0.2, 0) is 26.0 Å². The first-order valence-electron chi connectivity index (χ1n) is 12.2. The van der Waals surface area contributed by atoms with Gasteiger partial charge in [0, 0.05) is 35.0 Å². The molecule has 38 heavy (non-hydrogen) atoms. The van der Waals surface area contributed by atoms with Gasteiger partial charge in [0.05, 0.1) is 6.04 Å². The van der Waals surface area contributed by atoms with E-state index >= 15 is 4.39 Å². The van der Waals surface area contributed by atoms with Gasteiger partial charge in [0.1, 0.15) is 39.2 Å². The molecule has 1 amide bonds. The summed E-state index contributed by atoms with van der Waals surface area (Å²) >= 11 is 0. The van der Waals surface area contributed by atoms with Crippen LogP contribution in [0, 0.1) is 22.9 Å². The lowest BCUT2D eigenvalue weighted by atomic mass is 9.58. The van der Waals surface area contributed by atoms with Crippen molar-refractivity contribution in [1.29, 1.82) is 0 Å². The van der Waals surface area contributed by atoms with Crippen molar-refractivity contribution in [3.63, 3.8) is 0 Å². The minimum absolute atomic E-state index is 0.0417. The zero-order valence-corrected chi connectivity index (χ0v) is 21.5. The molecule has 2 saturated heterocycles. The molecule has 5 rings (SSSR count). The number of amides is 1. The molecule has 3 fully saturated rings. The molecule has 1 spiro atoms. The van der Waals surface area contributed by atoms with Crippen LogP contribution in [0.1, 0.15) is 24.8 Å². The number of halogens is 5. The summed E-state index contributed by atoms with van der Waals surface area (Å²) in [5.41, 5.74) is -0.836. The molecule has 0 bridgehead atoms. The van der Waals surface area contributed by atoms with Crippen molar-refractivity contribution in [3.05, 3.63) is 59.4 Å². The average Bonchev–Trinajstić information content (AvgIpc) is 3.52. The second kappa shape index (κ2) is 9.34. The minimum atomic E-state index is -5.02. The van der Waals surface area contributed by atoms with Gasteiger partial charge < -0.3 is 9.64 Å². The molecule has 2 aromatic rings. The molecule has 1 N–H and O–H groups in total. The van der Waals surface area contributed by atoms with Crippen LogP contribution in [0.4, 0.5) is 22.0 Å². The zero-order valence-electron chi connectivity index (χ0n) is 20.7. The van der Waals surface area contributed by atoms with Gasteiger partial charge in [0.15, 0.2) is 0 Å². The van der Waals surface area contributed by atoms with E-state index in [2.05, 4.69) is 4.72 Å². The van der Waals surface area contributed by atoms with Gasteiger partial charge in [-0.2, -0.15) is 8.78 Å². The van der Waals surface area contributed by atoms with Gasteiger partial charge in [-0.25, -0.2) is 26.3 Å². The zero-order chi connectivity index (χ0) is 27.6. The third-order valence-electron chi connectivity index (χ3n) is 7.73. The molecule has 14 heteroatoms. The number of hydrogen-bond donors (Lipinski definition) is 1. The average molecular weight is 554 g/mol. The Kier molecular flexibility index (Phi) is 6.67. The van der Waals surface area contributed by atoms with Crippen molar-refractivity contribution in [2.45, 2.75) is 55.0 Å². The lowest BCUT2D eigenvalue weighted by Crippen LogP contribution is -2.60. The van der Waals surface area contributed by atoms with Crippen LogP contribution < -0.4 is 4.72 Å². The Labute approximate surface area is 218 Å². The minimum Gasteiger partial charge on any atom is -0.379 e. The Balaban J connectivity index is 1.51. The van der Waals surface area contributed by atoms with E-state index in [1.54, 1.807) is 0 Å². The first-order chi connectivity index (χ1) is 17.7. The van der Waals surface area contributed by atoms with Crippen LogP contribution in [0.3, 0.4) is 0 Å². The normalized spacial score (nSPS) is 25.5. The van der Waals surface area contributed by atoms with Gasteiger partial charge in [-0.1, -0.05) is 18.2 Å². The maximum absolute atomic E-state index is 15.7. The largest absolute Gasteiger partial charge is 0.379 e. The maximum atomic E-state index is 15.7.